The Labute approximate surface area is 146 Å². The Morgan fingerprint density at radius 3 is 2.62 bits per heavy atom. The zero-order valence-electron chi connectivity index (χ0n) is 15.5. The fraction of sp³-hybridized carbons (Fsp3) is 0.600. The van der Waals surface area contributed by atoms with E-state index < -0.39 is 0 Å². The van der Waals surface area contributed by atoms with Crippen molar-refractivity contribution in [3.05, 3.63) is 29.3 Å². The average molecular weight is 333 g/mol. The van der Waals surface area contributed by atoms with Crippen LogP contribution in [-0.4, -0.2) is 25.3 Å². The molecule has 0 radical (unpaired) electrons. The van der Waals surface area contributed by atoms with E-state index in [-0.39, 0.29) is 11.7 Å². The summed E-state index contributed by atoms with van der Waals surface area (Å²) in [5, 5.41) is 2.65. The van der Waals surface area contributed by atoms with Crippen LogP contribution in [0.25, 0.3) is 0 Å². The van der Waals surface area contributed by atoms with Gasteiger partial charge in [-0.1, -0.05) is 19.1 Å². The molecule has 0 bridgehead atoms. The van der Waals surface area contributed by atoms with E-state index >= 15 is 0 Å². The number of amides is 1. The second-order valence-electron chi connectivity index (χ2n) is 6.58. The van der Waals surface area contributed by atoms with Crippen molar-refractivity contribution in [1.82, 2.24) is 5.32 Å². The Kier molecular flexibility index (Phi) is 9.13. The molecule has 24 heavy (non-hydrogen) atoms. The highest BCUT2D eigenvalue weighted by molar-refractivity contribution is 5.75. The topological polar surface area (TPSA) is 55.4 Å². The summed E-state index contributed by atoms with van der Waals surface area (Å²) in [6.45, 7) is 6.46. The summed E-state index contributed by atoms with van der Waals surface area (Å²) in [7, 11) is 1.67. The summed E-state index contributed by atoms with van der Waals surface area (Å²) in [6, 6.07) is 6.15. The smallest absolute Gasteiger partial charge is 0.219 e. The quantitative estimate of drug-likeness (QED) is 0.626. The number of hydrogen-bond acceptors (Lipinski definition) is 3. The summed E-state index contributed by atoms with van der Waals surface area (Å²) < 4.78 is 5.96. The van der Waals surface area contributed by atoms with Crippen LogP contribution in [0.4, 0.5) is 0 Å². The zero-order chi connectivity index (χ0) is 17.9. The molecule has 4 heteroatoms. The summed E-state index contributed by atoms with van der Waals surface area (Å²) in [5.41, 5.74) is 2.46. The van der Waals surface area contributed by atoms with Crippen molar-refractivity contribution >= 4 is 11.7 Å². The van der Waals surface area contributed by atoms with E-state index in [1.807, 2.05) is 12.1 Å². The minimum Gasteiger partial charge on any atom is -0.493 e. The second kappa shape index (κ2) is 10.8. The van der Waals surface area contributed by atoms with Gasteiger partial charge in [-0.25, -0.2) is 0 Å². The maximum atomic E-state index is 11.2. The van der Waals surface area contributed by atoms with E-state index in [9.17, 15) is 9.59 Å². The van der Waals surface area contributed by atoms with E-state index in [2.05, 4.69) is 25.2 Å². The lowest BCUT2D eigenvalue weighted by molar-refractivity contribution is -0.120. The van der Waals surface area contributed by atoms with Gasteiger partial charge in [0.15, 0.2) is 0 Å². The van der Waals surface area contributed by atoms with Crippen molar-refractivity contribution in [3.8, 4) is 5.75 Å². The van der Waals surface area contributed by atoms with Crippen molar-refractivity contribution in [3.63, 3.8) is 0 Å². The molecule has 0 saturated heterocycles. The molecule has 0 fully saturated rings. The molecule has 1 amide bonds. The Bertz CT molecular complexity index is 540. The molecule has 1 aromatic rings. The van der Waals surface area contributed by atoms with Gasteiger partial charge in [0.1, 0.15) is 11.5 Å². The zero-order valence-corrected chi connectivity index (χ0v) is 15.5. The SMILES string of the molecule is CNC(=O)CCCCc1cccc(OC[C@@H](C)CCC(C)=O)c1C. The minimum absolute atomic E-state index is 0.100. The first-order valence-electron chi connectivity index (χ1n) is 8.85. The van der Waals surface area contributed by atoms with Gasteiger partial charge in [0.05, 0.1) is 6.61 Å². The van der Waals surface area contributed by atoms with Crippen LogP contribution in [0.5, 0.6) is 5.75 Å². The van der Waals surface area contributed by atoms with Crippen LogP contribution in [0.2, 0.25) is 0 Å². The predicted octanol–water partition coefficient (Wildman–Crippen LogP) is 3.84. The van der Waals surface area contributed by atoms with Crippen molar-refractivity contribution in [1.29, 1.82) is 0 Å². The van der Waals surface area contributed by atoms with Gasteiger partial charge in [0.25, 0.3) is 0 Å². The third-order valence-corrected chi connectivity index (χ3v) is 4.29. The number of aryl methyl sites for hydroxylation is 1. The number of hydrogen-bond donors (Lipinski definition) is 1. The lowest BCUT2D eigenvalue weighted by Gasteiger charge is -2.16. The number of nitrogens with one attached hydrogen (secondary N) is 1. The maximum Gasteiger partial charge on any atom is 0.219 e. The minimum atomic E-state index is 0.100. The van der Waals surface area contributed by atoms with Gasteiger partial charge < -0.3 is 14.8 Å². The third-order valence-electron chi connectivity index (χ3n) is 4.29. The molecule has 4 nitrogen and oxygen atoms in total. The number of unbranched alkanes of at least 4 members (excludes halogenated alkanes) is 1. The number of carbonyl (C=O) groups is 2. The molecule has 0 spiro atoms. The van der Waals surface area contributed by atoms with Crippen LogP contribution in [0.3, 0.4) is 0 Å². The summed E-state index contributed by atoms with van der Waals surface area (Å²) in [6.07, 6.45) is 4.92. The van der Waals surface area contributed by atoms with Gasteiger partial charge in [-0.2, -0.15) is 0 Å². The van der Waals surface area contributed by atoms with Gasteiger partial charge in [-0.3, -0.25) is 4.79 Å². The summed E-state index contributed by atoms with van der Waals surface area (Å²) in [5.74, 6) is 1.62. The molecule has 1 rings (SSSR count). The number of ether oxygens (including phenoxy) is 1. The Morgan fingerprint density at radius 2 is 1.96 bits per heavy atom. The molecule has 0 aliphatic rings. The monoisotopic (exact) mass is 333 g/mol. The van der Waals surface area contributed by atoms with Crippen molar-refractivity contribution in [2.45, 2.75) is 59.3 Å². The first-order chi connectivity index (χ1) is 11.4. The Morgan fingerprint density at radius 1 is 1.21 bits per heavy atom. The molecule has 1 atom stereocenters. The van der Waals surface area contributed by atoms with Crippen LogP contribution in [0.1, 0.15) is 57.1 Å². The summed E-state index contributed by atoms with van der Waals surface area (Å²) in [4.78, 5) is 22.3. The fourth-order valence-electron chi connectivity index (χ4n) is 2.58. The lowest BCUT2D eigenvalue weighted by Crippen LogP contribution is -2.16. The first kappa shape index (κ1) is 20.2. The van der Waals surface area contributed by atoms with Crippen LogP contribution < -0.4 is 10.1 Å². The fourth-order valence-corrected chi connectivity index (χ4v) is 2.58. The summed E-state index contributed by atoms with van der Waals surface area (Å²) >= 11 is 0. The average Bonchev–Trinajstić information content (AvgIpc) is 2.56. The van der Waals surface area contributed by atoms with Crippen LogP contribution >= 0.6 is 0 Å². The molecule has 0 saturated carbocycles. The molecule has 0 aliphatic carbocycles. The first-order valence-corrected chi connectivity index (χ1v) is 8.85. The maximum absolute atomic E-state index is 11.2. The molecule has 1 N–H and O–H groups in total. The molecule has 0 aliphatic heterocycles. The van der Waals surface area contributed by atoms with Crippen molar-refractivity contribution in [2.75, 3.05) is 13.7 Å². The number of ketones is 1. The molecule has 0 aromatic heterocycles. The Hall–Kier alpha value is -1.84. The van der Waals surface area contributed by atoms with Crippen LogP contribution in [0.15, 0.2) is 18.2 Å². The van der Waals surface area contributed by atoms with E-state index in [1.165, 1.54) is 11.1 Å². The van der Waals surface area contributed by atoms with Gasteiger partial charge in [-0.05, 0) is 62.6 Å². The van der Waals surface area contributed by atoms with Crippen molar-refractivity contribution < 1.29 is 14.3 Å². The highest BCUT2D eigenvalue weighted by Crippen LogP contribution is 2.24. The highest BCUT2D eigenvalue weighted by atomic mass is 16.5. The molecule has 0 unspecified atom stereocenters. The standard InChI is InChI=1S/C20H31NO3/c1-15(12-13-16(2)22)14-24-19-10-7-9-18(17(19)3)8-5-6-11-20(23)21-4/h7,9-10,15H,5-6,8,11-14H2,1-4H3,(H,21,23)/t15-/m0/s1. The van der Waals surface area contributed by atoms with E-state index in [0.29, 0.717) is 25.4 Å². The van der Waals surface area contributed by atoms with Gasteiger partial charge in [-0.15, -0.1) is 0 Å². The molecule has 0 heterocycles. The molecule has 134 valence electrons. The number of carbonyl (C=O) groups excluding carboxylic acids is 2. The second-order valence-corrected chi connectivity index (χ2v) is 6.58. The van der Waals surface area contributed by atoms with E-state index in [1.54, 1.807) is 14.0 Å². The predicted molar refractivity (Wildman–Crippen MR) is 97.4 cm³/mol. The number of Topliss-reactive ketones (excluding diaryl/α,β-unsaturated/α-hetero) is 1. The molecular formula is C20H31NO3. The van der Waals surface area contributed by atoms with Crippen molar-refractivity contribution in [2.24, 2.45) is 5.92 Å². The van der Waals surface area contributed by atoms with E-state index in [0.717, 1.165) is 31.4 Å². The van der Waals surface area contributed by atoms with Crippen LogP contribution in [0, 0.1) is 12.8 Å². The van der Waals surface area contributed by atoms with Gasteiger partial charge >= 0.3 is 0 Å². The Balaban J connectivity index is 2.46. The highest BCUT2D eigenvalue weighted by Gasteiger charge is 2.09. The largest absolute Gasteiger partial charge is 0.493 e. The number of benzene rings is 1. The normalized spacial score (nSPS) is 11.8. The van der Waals surface area contributed by atoms with E-state index in [4.69, 9.17) is 4.74 Å². The molecule has 1 aromatic carbocycles. The van der Waals surface area contributed by atoms with Gasteiger partial charge in [0.2, 0.25) is 5.91 Å². The van der Waals surface area contributed by atoms with Gasteiger partial charge in [0, 0.05) is 19.9 Å². The van der Waals surface area contributed by atoms with Crippen LogP contribution in [-0.2, 0) is 16.0 Å². The molecular weight excluding hydrogens is 302 g/mol. The number of rotatable bonds is 11. The third kappa shape index (κ3) is 7.62. The lowest BCUT2D eigenvalue weighted by atomic mass is 10.0.